The lowest BCUT2D eigenvalue weighted by Crippen LogP contribution is -2.07. The van der Waals surface area contributed by atoms with Crippen molar-refractivity contribution in [2.24, 2.45) is 0 Å². The van der Waals surface area contributed by atoms with Gasteiger partial charge in [0.05, 0.1) is 7.11 Å². The number of hydrogen-bond acceptors (Lipinski definition) is 2. The van der Waals surface area contributed by atoms with E-state index in [4.69, 9.17) is 4.74 Å². The van der Waals surface area contributed by atoms with Crippen molar-refractivity contribution in [2.45, 2.75) is 19.8 Å². The number of phenols is 1. The van der Waals surface area contributed by atoms with Crippen LogP contribution in [0.4, 0.5) is 0 Å². The van der Waals surface area contributed by atoms with E-state index in [-0.39, 0.29) is 11.7 Å². The average molecular weight is 396 g/mol. The Morgan fingerprint density at radius 3 is 1.80 bits per heavy atom. The SMILES string of the molecule is COc1cccc(C(c2c(C)[nH]c3ccccc23)c2c(C)[nH]c3ccccc23)c1O. The predicted octanol–water partition coefficient (Wildman–Crippen LogP) is 6.16. The second-order valence-electron chi connectivity index (χ2n) is 7.75. The van der Waals surface area contributed by atoms with Crippen molar-refractivity contribution in [1.29, 1.82) is 0 Å². The normalized spacial score (nSPS) is 11.6. The molecule has 2 heterocycles. The van der Waals surface area contributed by atoms with Crippen LogP contribution in [-0.2, 0) is 0 Å². The third-order valence-corrected chi connectivity index (χ3v) is 6.03. The highest BCUT2D eigenvalue weighted by Gasteiger charge is 2.29. The molecule has 0 saturated heterocycles. The second kappa shape index (κ2) is 6.99. The number of aromatic amines is 2. The fourth-order valence-electron chi connectivity index (χ4n) is 4.73. The number of phenolic OH excluding ortho intramolecular Hbond substituents is 1. The summed E-state index contributed by atoms with van der Waals surface area (Å²) in [6, 6.07) is 22.4. The van der Waals surface area contributed by atoms with Gasteiger partial charge in [0.15, 0.2) is 11.5 Å². The molecular weight excluding hydrogens is 372 g/mol. The minimum Gasteiger partial charge on any atom is -0.504 e. The first-order chi connectivity index (χ1) is 14.6. The number of methoxy groups -OCH3 is 1. The topological polar surface area (TPSA) is 61.0 Å². The van der Waals surface area contributed by atoms with Gasteiger partial charge < -0.3 is 19.8 Å². The summed E-state index contributed by atoms with van der Waals surface area (Å²) in [6.07, 6.45) is 0. The summed E-state index contributed by atoms with van der Waals surface area (Å²) >= 11 is 0. The van der Waals surface area contributed by atoms with Gasteiger partial charge in [0.1, 0.15) is 0 Å². The van der Waals surface area contributed by atoms with Crippen LogP contribution < -0.4 is 4.74 Å². The van der Waals surface area contributed by atoms with E-state index in [9.17, 15) is 5.11 Å². The van der Waals surface area contributed by atoms with Crippen molar-refractivity contribution >= 4 is 21.8 Å². The number of aromatic hydroxyl groups is 1. The highest BCUT2D eigenvalue weighted by Crippen LogP contribution is 2.47. The zero-order chi connectivity index (χ0) is 20.8. The number of aromatic nitrogens is 2. The fraction of sp³-hybridized carbons (Fsp3) is 0.154. The van der Waals surface area contributed by atoms with E-state index in [2.05, 4.69) is 60.2 Å². The van der Waals surface area contributed by atoms with Gasteiger partial charge in [0.2, 0.25) is 0 Å². The van der Waals surface area contributed by atoms with Crippen LogP contribution in [0.2, 0.25) is 0 Å². The van der Waals surface area contributed by atoms with Gasteiger partial charge in [0.25, 0.3) is 0 Å². The summed E-state index contributed by atoms with van der Waals surface area (Å²) in [5.74, 6) is 0.499. The minimum absolute atomic E-state index is 0.160. The van der Waals surface area contributed by atoms with Crippen LogP contribution in [0.15, 0.2) is 66.7 Å². The first-order valence-corrected chi connectivity index (χ1v) is 10.1. The van der Waals surface area contributed by atoms with Crippen molar-refractivity contribution in [3.05, 3.63) is 94.8 Å². The van der Waals surface area contributed by atoms with E-state index < -0.39 is 0 Å². The number of para-hydroxylation sites is 3. The molecule has 5 rings (SSSR count). The maximum absolute atomic E-state index is 11.1. The number of H-pyrrole nitrogens is 2. The molecule has 3 aromatic carbocycles. The molecule has 0 fully saturated rings. The standard InChI is InChI=1S/C26H24N2O2/c1-15-23(17-9-4-6-12-20(17)27-15)25(19-11-8-14-22(30-3)26(19)29)24-16(2)28-21-13-7-5-10-18(21)24/h4-14,25,27-29H,1-3H3. The van der Waals surface area contributed by atoms with E-state index in [0.29, 0.717) is 5.75 Å². The van der Waals surface area contributed by atoms with Crippen LogP contribution in [0.1, 0.15) is 34.0 Å². The highest BCUT2D eigenvalue weighted by molar-refractivity contribution is 5.91. The van der Waals surface area contributed by atoms with Crippen molar-refractivity contribution < 1.29 is 9.84 Å². The molecule has 2 aromatic heterocycles. The first-order valence-electron chi connectivity index (χ1n) is 10.1. The maximum atomic E-state index is 11.1. The summed E-state index contributed by atoms with van der Waals surface area (Å²) in [5.41, 5.74) is 7.53. The summed E-state index contributed by atoms with van der Waals surface area (Å²) < 4.78 is 5.44. The van der Waals surface area contributed by atoms with Crippen LogP contribution in [0.3, 0.4) is 0 Å². The van der Waals surface area contributed by atoms with Gasteiger partial charge in [-0.1, -0.05) is 48.5 Å². The van der Waals surface area contributed by atoms with E-state index in [1.165, 1.54) is 11.1 Å². The Morgan fingerprint density at radius 2 is 1.27 bits per heavy atom. The van der Waals surface area contributed by atoms with Gasteiger partial charge in [-0.05, 0) is 43.2 Å². The highest BCUT2D eigenvalue weighted by atomic mass is 16.5. The van der Waals surface area contributed by atoms with E-state index in [0.717, 1.165) is 38.8 Å². The van der Waals surface area contributed by atoms with Crippen LogP contribution in [0.5, 0.6) is 11.5 Å². The van der Waals surface area contributed by atoms with Gasteiger partial charge in [0, 0.05) is 44.7 Å². The Labute approximate surface area is 175 Å². The third-order valence-electron chi connectivity index (χ3n) is 6.03. The Kier molecular flexibility index (Phi) is 4.28. The zero-order valence-electron chi connectivity index (χ0n) is 17.3. The quantitative estimate of drug-likeness (QED) is 0.341. The fourth-order valence-corrected chi connectivity index (χ4v) is 4.73. The molecule has 0 aliphatic rings. The van der Waals surface area contributed by atoms with Crippen molar-refractivity contribution in [2.75, 3.05) is 7.11 Å². The molecule has 150 valence electrons. The third kappa shape index (κ3) is 2.68. The summed E-state index contributed by atoms with van der Waals surface area (Å²) in [6.45, 7) is 4.20. The van der Waals surface area contributed by atoms with E-state index in [1.807, 2.05) is 24.3 Å². The van der Waals surface area contributed by atoms with Gasteiger partial charge in [-0.15, -0.1) is 0 Å². The monoisotopic (exact) mass is 396 g/mol. The van der Waals surface area contributed by atoms with Gasteiger partial charge in [-0.2, -0.15) is 0 Å². The molecule has 4 heteroatoms. The summed E-state index contributed by atoms with van der Waals surface area (Å²) in [7, 11) is 1.59. The molecule has 0 radical (unpaired) electrons. The molecule has 3 N–H and O–H groups in total. The smallest absolute Gasteiger partial charge is 0.161 e. The van der Waals surface area contributed by atoms with E-state index in [1.54, 1.807) is 13.2 Å². The molecule has 0 aliphatic heterocycles. The summed E-state index contributed by atoms with van der Waals surface area (Å²) in [4.78, 5) is 7.06. The molecule has 0 amide bonds. The largest absolute Gasteiger partial charge is 0.504 e. The van der Waals surface area contributed by atoms with Crippen LogP contribution in [-0.4, -0.2) is 22.2 Å². The number of hydrogen-bond donors (Lipinski definition) is 3. The molecule has 5 aromatic rings. The summed E-state index contributed by atoms with van der Waals surface area (Å²) in [5, 5.41) is 13.5. The van der Waals surface area contributed by atoms with Gasteiger partial charge in [-0.25, -0.2) is 0 Å². The van der Waals surface area contributed by atoms with E-state index >= 15 is 0 Å². The Balaban J connectivity index is 1.90. The molecule has 4 nitrogen and oxygen atoms in total. The molecule has 0 spiro atoms. The van der Waals surface area contributed by atoms with Crippen LogP contribution in [0, 0.1) is 13.8 Å². The first kappa shape index (κ1) is 18.4. The lowest BCUT2D eigenvalue weighted by atomic mass is 9.81. The van der Waals surface area contributed by atoms with Crippen molar-refractivity contribution in [3.8, 4) is 11.5 Å². The van der Waals surface area contributed by atoms with Crippen molar-refractivity contribution in [3.63, 3.8) is 0 Å². The van der Waals surface area contributed by atoms with Crippen LogP contribution >= 0.6 is 0 Å². The lowest BCUT2D eigenvalue weighted by molar-refractivity contribution is 0.370. The molecular formula is C26H24N2O2. The number of aryl methyl sites for hydroxylation is 2. The second-order valence-corrected chi connectivity index (χ2v) is 7.75. The lowest BCUT2D eigenvalue weighted by Gasteiger charge is -2.22. The number of benzene rings is 3. The molecule has 0 atom stereocenters. The molecule has 0 saturated carbocycles. The number of rotatable bonds is 4. The average Bonchev–Trinajstić information content (AvgIpc) is 3.26. The number of ether oxygens (including phenoxy) is 1. The number of nitrogens with one attached hydrogen (secondary N) is 2. The molecule has 0 aliphatic carbocycles. The Hall–Kier alpha value is -3.66. The van der Waals surface area contributed by atoms with Crippen molar-refractivity contribution in [1.82, 2.24) is 9.97 Å². The predicted molar refractivity (Wildman–Crippen MR) is 122 cm³/mol. The Bertz CT molecular complexity index is 1300. The molecule has 30 heavy (non-hydrogen) atoms. The van der Waals surface area contributed by atoms with Gasteiger partial charge in [-0.3, -0.25) is 0 Å². The zero-order valence-corrected chi connectivity index (χ0v) is 17.3. The number of fused-ring (bicyclic) bond motifs is 2. The Morgan fingerprint density at radius 1 is 0.733 bits per heavy atom. The van der Waals surface area contributed by atoms with Gasteiger partial charge >= 0.3 is 0 Å². The minimum atomic E-state index is -0.160. The van der Waals surface area contributed by atoms with Crippen LogP contribution in [0.25, 0.3) is 21.8 Å². The molecule has 0 bridgehead atoms. The molecule has 0 unspecified atom stereocenters. The maximum Gasteiger partial charge on any atom is 0.161 e.